The van der Waals surface area contributed by atoms with Gasteiger partial charge in [0.25, 0.3) is 0 Å². The van der Waals surface area contributed by atoms with Crippen molar-refractivity contribution in [1.82, 2.24) is 4.98 Å². The maximum absolute atomic E-state index is 9.28. The van der Waals surface area contributed by atoms with Gasteiger partial charge in [0.2, 0.25) is 0 Å². The van der Waals surface area contributed by atoms with Crippen molar-refractivity contribution in [2.24, 2.45) is 4.99 Å². The summed E-state index contributed by atoms with van der Waals surface area (Å²) in [5, 5.41) is 9.28. The minimum absolute atomic E-state index is 0.382. The monoisotopic (exact) mass is 380 g/mol. The molecule has 1 aliphatic carbocycles. The third-order valence-electron chi connectivity index (χ3n) is 4.79. The number of nitrogens with zero attached hydrogens (tertiary/aromatic N) is 4. The molecule has 0 N–H and O–H groups in total. The van der Waals surface area contributed by atoms with Gasteiger partial charge in [-0.25, -0.2) is 4.98 Å². The molecule has 0 bridgehead atoms. The molecular weight excluding hydrogens is 352 g/mol. The second-order valence-electron chi connectivity index (χ2n) is 6.77. The summed E-state index contributed by atoms with van der Waals surface area (Å²) in [4.78, 5) is 12.8. The highest BCUT2D eigenvalue weighted by molar-refractivity contribution is 7.98. The van der Waals surface area contributed by atoms with E-state index in [0.29, 0.717) is 19.0 Å². The fraction of sp³-hybridized carbons (Fsp3) is 0.500. The van der Waals surface area contributed by atoms with Crippen LogP contribution in [0.1, 0.15) is 44.6 Å². The van der Waals surface area contributed by atoms with E-state index in [1.165, 1.54) is 32.1 Å². The zero-order valence-electron chi connectivity index (χ0n) is 16.3. The Morgan fingerprint density at radius 1 is 1.44 bits per heavy atom. The van der Waals surface area contributed by atoms with Crippen LogP contribution in [0.4, 0.5) is 5.82 Å². The SMILES string of the molecule is C#C/C=C(/C)C=NCCN(c1ncc(SC)cc1CC#N)C1CCCCC1. The van der Waals surface area contributed by atoms with Crippen LogP contribution in [0, 0.1) is 23.7 Å². The van der Waals surface area contributed by atoms with Crippen molar-refractivity contribution in [2.75, 3.05) is 24.2 Å². The van der Waals surface area contributed by atoms with Gasteiger partial charge in [0, 0.05) is 35.5 Å². The molecule has 1 saturated carbocycles. The lowest BCUT2D eigenvalue weighted by Crippen LogP contribution is -2.39. The molecule has 142 valence electrons. The van der Waals surface area contributed by atoms with Crippen LogP contribution in [0.15, 0.2) is 33.8 Å². The van der Waals surface area contributed by atoms with E-state index in [9.17, 15) is 5.26 Å². The average Bonchev–Trinajstić information content (AvgIpc) is 2.69. The number of allylic oxidation sites excluding steroid dienone is 2. The maximum atomic E-state index is 9.28. The van der Waals surface area contributed by atoms with Gasteiger partial charge < -0.3 is 4.90 Å². The van der Waals surface area contributed by atoms with E-state index in [1.54, 1.807) is 17.8 Å². The van der Waals surface area contributed by atoms with Gasteiger partial charge >= 0.3 is 0 Å². The highest BCUT2D eigenvalue weighted by atomic mass is 32.2. The molecular formula is C22H28N4S. The highest BCUT2D eigenvalue weighted by Gasteiger charge is 2.24. The largest absolute Gasteiger partial charge is 0.352 e. The van der Waals surface area contributed by atoms with Crippen molar-refractivity contribution in [3.8, 4) is 18.4 Å². The zero-order valence-corrected chi connectivity index (χ0v) is 17.1. The minimum Gasteiger partial charge on any atom is -0.352 e. The lowest BCUT2D eigenvalue weighted by atomic mass is 9.93. The Balaban J connectivity index is 2.23. The van der Waals surface area contributed by atoms with Gasteiger partial charge in [-0.3, -0.25) is 4.99 Å². The van der Waals surface area contributed by atoms with Crippen LogP contribution in [-0.4, -0.2) is 36.6 Å². The lowest BCUT2D eigenvalue weighted by molar-refractivity contribution is 0.413. The Kier molecular flexibility index (Phi) is 8.95. The number of hydrogen-bond acceptors (Lipinski definition) is 5. The fourth-order valence-corrected chi connectivity index (χ4v) is 3.88. The molecule has 1 aromatic heterocycles. The number of terminal acetylenes is 1. The van der Waals surface area contributed by atoms with Crippen molar-refractivity contribution in [2.45, 2.75) is 56.4 Å². The molecule has 1 fully saturated rings. The van der Waals surface area contributed by atoms with Gasteiger partial charge in [-0.15, -0.1) is 18.2 Å². The Morgan fingerprint density at radius 3 is 2.89 bits per heavy atom. The number of anilines is 1. The molecule has 1 aliphatic rings. The summed E-state index contributed by atoms with van der Waals surface area (Å²) in [7, 11) is 0. The topological polar surface area (TPSA) is 52.3 Å². The first-order chi connectivity index (χ1) is 13.2. The first kappa shape index (κ1) is 21.1. The van der Waals surface area contributed by atoms with Crippen LogP contribution in [0.25, 0.3) is 0 Å². The summed E-state index contributed by atoms with van der Waals surface area (Å²) < 4.78 is 0. The second kappa shape index (κ2) is 11.5. The molecule has 0 amide bonds. The van der Waals surface area contributed by atoms with Gasteiger partial charge in [0.15, 0.2) is 0 Å². The van der Waals surface area contributed by atoms with E-state index in [1.807, 2.05) is 25.6 Å². The molecule has 5 heteroatoms. The Hall–Kier alpha value is -2.24. The summed E-state index contributed by atoms with van der Waals surface area (Å²) in [5.41, 5.74) is 2.00. The van der Waals surface area contributed by atoms with E-state index in [4.69, 9.17) is 11.4 Å². The van der Waals surface area contributed by atoms with Crippen LogP contribution < -0.4 is 4.90 Å². The van der Waals surface area contributed by atoms with E-state index in [-0.39, 0.29) is 0 Å². The average molecular weight is 381 g/mol. The Labute approximate surface area is 167 Å². The molecule has 0 aliphatic heterocycles. The van der Waals surface area contributed by atoms with Crippen LogP contribution >= 0.6 is 11.8 Å². The first-order valence-electron chi connectivity index (χ1n) is 9.48. The van der Waals surface area contributed by atoms with Gasteiger partial charge in [-0.2, -0.15) is 5.26 Å². The number of aromatic nitrogens is 1. The molecule has 2 rings (SSSR count). The van der Waals surface area contributed by atoms with Crippen molar-refractivity contribution in [1.29, 1.82) is 5.26 Å². The Morgan fingerprint density at radius 2 is 2.22 bits per heavy atom. The summed E-state index contributed by atoms with van der Waals surface area (Å²) in [5.74, 6) is 3.47. The number of nitriles is 1. The molecule has 0 atom stereocenters. The molecule has 4 nitrogen and oxygen atoms in total. The molecule has 0 unspecified atom stereocenters. The normalized spacial score (nSPS) is 15.5. The quantitative estimate of drug-likeness (QED) is 0.374. The minimum atomic E-state index is 0.382. The third-order valence-corrected chi connectivity index (χ3v) is 5.48. The summed E-state index contributed by atoms with van der Waals surface area (Å²) >= 11 is 1.66. The molecule has 27 heavy (non-hydrogen) atoms. The van der Waals surface area contributed by atoms with Crippen molar-refractivity contribution in [3.05, 3.63) is 29.5 Å². The highest BCUT2D eigenvalue weighted by Crippen LogP contribution is 2.30. The number of pyridine rings is 1. The van der Waals surface area contributed by atoms with Crippen molar-refractivity contribution >= 4 is 23.8 Å². The van der Waals surface area contributed by atoms with Crippen LogP contribution in [-0.2, 0) is 6.42 Å². The number of aliphatic imine (C=N–C) groups is 1. The molecule has 0 saturated heterocycles. The van der Waals surface area contributed by atoms with E-state index < -0.39 is 0 Å². The van der Waals surface area contributed by atoms with Crippen molar-refractivity contribution in [3.63, 3.8) is 0 Å². The second-order valence-corrected chi connectivity index (χ2v) is 7.65. The fourth-order valence-electron chi connectivity index (χ4n) is 3.46. The predicted molar refractivity (Wildman–Crippen MR) is 116 cm³/mol. The molecule has 0 radical (unpaired) electrons. The van der Waals surface area contributed by atoms with Crippen LogP contribution in [0.5, 0.6) is 0 Å². The molecule has 1 aromatic rings. The van der Waals surface area contributed by atoms with Gasteiger partial charge in [-0.1, -0.05) is 25.2 Å². The number of thioether (sulfide) groups is 1. The summed E-state index contributed by atoms with van der Waals surface area (Å²) in [6.07, 6.45) is 19.3. The number of hydrogen-bond donors (Lipinski definition) is 0. The molecule has 0 spiro atoms. The smallest absolute Gasteiger partial charge is 0.133 e. The van der Waals surface area contributed by atoms with Gasteiger partial charge in [0.1, 0.15) is 5.82 Å². The summed E-state index contributed by atoms with van der Waals surface area (Å²) in [6, 6.07) is 4.88. The van der Waals surface area contributed by atoms with Crippen LogP contribution in [0.2, 0.25) is 0 Å². The van der Waals surface area contributed by atoms with E-state index in [0.717, 1.165) is 28.4 Å². The van der Waals surface area contributed by atoms with Gasteiger partial charge in [0.05, 0.1) is 19.0 Å². The third kappa shape index (κ3) is 6.45. The van der Waals surface area contributed by atoms with E-state index in [2.05, 4.69) is 27.9 Å². The zero-order chi connectivity index (χ0) is 19.5. The van der Waals surface area contributed by atoms with Crippen molar-refractivity contribution < 1.29 is 0 Å². The lowest BCUT2D eigenvalue weighted by Gasteiger charge is -2.36. The Bertz CT molecular complexity index is 749. The van der Waals surface area contributed by atoms with Gasteiger partial charge in [-0.05, 0) is 43.7 Å². The predicted octanol–water partition coefficient (Wildman–Crippen LogP) is 4.66. The summed E-state index contributed by atoms with van der Waals surface area (Å²) in [6.45, 7) is 3.44. The number of rotatable bonds is 8. The van der Waals surface area contributed by atoms with Crippen LogP contribution in [0.3, 0.4) is 0 Å². The standard InChI is InChI=1S/C22H28N4S/c1-4-8-18(2)16-24-13-14-26(20-9-6-5-7-10-20)22-19(11-12-23)15-21(27-3)17-25-22/h1,8,15-17,20H,5-7,9-11,13-14H2,2-3H3/b18-8-,24-16?. The molecule has 1 heterocycles. The molecule has 0 aromatic carbocycles. The maximum Gasteiger partial charge on any atom is 0.133 e. The first-order valence-corrected chi connectivity index (χ1v) is 10.7. The van der Waals surface area contributed by atoms with E-state index >= 15 is 0 Å².